The molecule has 0 aromatic carbocycles. The fourth-order valence-corrected chi connectivity index (χ4v) is 1.69. The predicted octanol–water partition coefficient (Wildman–Crippen LogP) is 2.73. The molecule has 0 heterocycles. The molecule has 0 fully saturated rings. The predicted molar refractivity (Wildman–Crippen MR) is 67.0 cm³/mol. The summed E-state index contributed by atoms with van der Waals surface area (Å²) in [6.07, 6.45) is 4.93. The Morgan fingerprint density at radius 2 is 1.93 bits per heavy atom. The minimum atomic E-state index is 0.200. The normalized spacial score (nSPS) is 16.1. The van der Waals surface area contributed by atoms with E-state index in [0.717, 1.165) is 19.3 Å². The van der Waals surface area contributed by atoms with Gasteiger partial charge in [-0.05, 0) is 31.6 Å². The van der Waals surface area contributed by atoms with Crippen molar-refractivity contribution in [2.45, 2.75) is 59.0 Å². The van der Waals surface area contributed by atoms with E-state index in [4.69, 9.17) is 5.11 Å². The Kier molecular flexibility index (Phi) is 6.86. The first-order valence-corrected chi connectivity index (χ1v) is 5.89. The van der Waals surface area contributed by atoms with Gasteiger partial charge >= 0.3 is 0 Å². The van der Waals surface area contributed by atoms with Crippen LogP contribution in [-0.2, 0) is 0 Å². The third kappa shape index (κ3) is 6.69. The van der Waals surface area contributed by atoms with Gasteiger partial charge in [0.15, 0.2) is 0 Å². The number of hydrogen-bond donors (Lipinski definition) is 2. The molecule has 90 valence electrons. The Morgan fingerprint density at radius 1 is 1.33 bits per heavy atom. The molecule has 0 rings (SSSR count). The summed E-state index contributed by atoms with van der Waals surface area (Å²) < 4.78 is 0. The van der Waals surface area contributed by atoms with E-state index in [2.05, 4.69) is 39.6 Å². The summed E-state index contributed by atoms with van der Waals surface area (Å²) in [6, 6.07) is 0.862. The molecule has 0 saturated carbocycles. The lowest BCUT2D eigenvalue weighted by molar-refractivity contribution is 0.186. The van der Waals surface area contributed by atoms with E-state index in [0.29, 0.717) is 12.1 Å². The second-order valence-corrected chi connectivity index (χ2v) is 5.36. The molecule has 0 aromatic rings. The standard InChI is InChI=1S/C13H27NO/c1-6-7-8-11(2)14-12(9-10-15)13(3,4)5/h6,11-12,14-15H,1,7-10H2,2-5H3. The Morgan fingerprint density at radius 3 is 2.33 bits per heavy atom. The van der Waals surface area contributed by atoms with Crippen molar-refractivity contribution in [3.63, 3.8) is 0 Å². The second-order valence-electron chi connectivity index (χ2n) is 5.36. The van der Waals surface area contributed by atoms with Crippen LogP contribution in [0.5, 0.6) is 0 Å². The molecule has 0 aliphatic rings. The monoisotopic (exact) mass is 213 g/mol. The lowest BCUT2D eigenvalue weighted by atomic mass is 9.84. The van der Waals surface area contributed by atoms with Crippen molar-refractivity contribution in [3.8, 4) is 0 Å². The van der Waals surface area contributed by atoms with Gasteiger partial charge in [0.1, 0.15) is 0 Å². The van der Waals surface area contributed by atoms with Crippen LogP contribution in [-0.4, -0.2) is 23.8 Å². The van der Waals surface area contributed by atoms with Crippen molar-refractivity contribution in [3.05, 3.63) is 12.7 Å². The summed E-state index contributed by atoms with van der Waals surface area (Å²) in [5.41, 5.74) is 0.200. The lowest BCUT2D eigenvalue weighted by Gasteiger charge is -2.33. The minimum Gasteiger partial charge on any atom is -0.396 e. The van der Waals surface area contributed by atoms with Crippen LogP contribution in [0.3, 0.4) is 0 Å². The van der Waals surface area contributed by atoms with E-state index in [9.17, 15) is 0 Å². The summed E-state index contributed by atoms with van der Waals surface area (Å²) >= 11 is 0. The van der Waals surface area contributed by atoms with E-state index < -0.39 is 0 Å². The first-order valence-electron chi connectivity index (χ1n) is 5.89. The van der Waals surface area contributed by atoms with Gasteiger partial charge in [-0.25, -0.2) is 0 Å². The van der Waals surface area contributed by atoms with E-state index in [1.54, 1.807) is 0 Å². The topological polar surface area (TPSA) is 32.3 Å². The Labute approximate surface area is 94.8 Å². The van der Waals surface area contributed by atoms with Crippen LogP contribution in [0.15, 0.2) is 12.7 Å². The van der Waals surface area contributed by atoms with Crippen molar-refractivity contribution < 1.29 is 5.11 Å². The van der Waals surface area contributed by atoms with Crippen LogP contribution < -0.4 is 5.32 Å². The molecule has 0 bridgehead atoms. The zero-order valence-electron chi connectivity index (χ0n) is 10.7. The number of rotatable bonds is 7. The van der Waals surface area contributed by atoms with Gasteiger partial charge < -0.3 is 10.4 Å². The van der Waals surface area contributed by atoms with Crippen molar-refractivity contribution in [1.82, 2.24) is 5.32 Å². The van der Waals surface area contributed by atoms with Crippen LogP contribution in [0.25, 0.3) is 0 Å². The van der Waals surface area contributed by atoms with Crippen LogP contribution in [0.1, 0.15) is 47.0 Å². The summed E-state index contributed by atoms with van der Waals surface area (Å²) in [4.78, 5) is 0. The van der Waals surface area contributed by atoms with Gasteiger partial charge in [-0.2, -0.15) is 0 Å². The Bertz CT molecular complexity index is 172. The highest BCUT2D eigenvalue weighted by Crippen LogP contribution is 2.22. The second kappa shape index (κ2) is 7.02. The molecule has 0 amide bonds. The molecule has 2 unspecified atom stereocenters. The molecule has 0 radical (unpaired) electrons. The zero-order chi connectivity index (χ0) is 11.9. The summed E-state index contributed by atoms with van der Waals surface area (Å²) in [5.74, 6) is 0. The highest BCUT2D eigenvalue weighted by atomic mass is 16.3. The average molecular weight is 213 g/mol. The molecule has 2 atom stereocenters. The maximum absolute atomic E-state index is 9.03. The van der Waals surface area contributed by atoms with Gasteiger partial charge in [-0.15, -0.1) is 6.58 Å². The third-order valence-corrected chi connectivity index (χ3v) is 2.75. The van der Waals surface area contributed by atoms with Gasteiger partial charge in [0, 0.05) is 18.7 Å². The van der Waals surface area contributed by atoms with Gasteiger partial charge in [-0.1, -0.05) is 26.8 Å². The first kappa shape index (κ1) is 14.7. The molecule has 2 N–H and O–H groups in total. The minimum absolute atomic E-state index is 0.200. The first-order chi connectivity index (χ1) is 6.91. The van der Waals surface area contributed by atoms with Crippen LogP contribution in [0.2, 0.25) is 0 Å². The zero-order valence-corrected chi connectivity index (χ0v) is 10.7. The number of hydrogen-bond acceptors (Lipinski definition) is 2. The quantitative estimate of drug-likeness (QED) is 0.637. The molecule has 0 saturated heterocycles. The van der Waals surface area contributed by atoms with Gasteiger partial charge in [0.25, 0.3) is 0 Å². The number of nitrogens with one attached hydrogen (secondary N) is 1. The third-order valence-electron chi connectivity index (χ3n) is 2.75. The fraction of sp³-hybridized carbons (Fsp3) is 0.846. The SMILES string of the molecule is C=CCCC(C)NC(CCO)C(C)(C)C. The molecule has 2 heteroatoms. The number of aliphatic hydroxyl groups is 1. The maximum Gasteiger partial charge on any atom is 0.0446 e. The van der Waals surface area contributed by atoms with E-state index in [1.807, 2.05) is 6.08 Å². The molecular formula is C13H27NO. The lowest BCUT2D eigenvalue weighted by Crippen LogP contribution is -2.45. The largest absolute Gasteiger partial charge is 0.396 e. The summed E-state index contributed by atoms with van der Waals surface area (Å²) in [7, 11) is 0. The van der Waals surface area contributed by atoms with Crippen LogP contribution >= 0.6 is 0 Å². The molecule has 0 aromatic heterocycles. The highest BCUT2D eigenvalue weighted by molar-refractivity contribution is 4.83. The Hall–Kier alpha value is -0.340. The maximum atomic E-state index is 9.03. The van der Waals surface area contributed by atoms with Crippen molar-refractivity contribution in [1.29, 1.82) is 0 Å². The van der Waals surface area contributed by atoms with Crippen LogP contribution in [0.4, 0.5) is 0 Å². The van der Waals surface area contributed by atoms with E-state index >= 15 is 0 Å². The summed E-state index contributed by atoms with van der Waals surface area (Å²) in [5, 5.41) is 12.6. The van der Waals surface area contributed by atoms with Gasteiger partial charge in [-0.3, -0.25) is 0 Å². The number of aliphatic hydroxyl groups excluding tert-OH is 1. The fourth-order valence-electron chi connectivity index (χ4n) is 1.69. The van der Waals surface area contributed by atoms with Crippen molar-refractivity contribution in [2.24, 2.45) is 5.41 Å². The molecule has 15 heavy (non-hydrogen) atoms. The molecule has 0 aliphatic heterocycles. The molecule has 2 nitrogen and oxygen atoms in total. The van der Waals surface area contributed by atoms with E-state index in [-0.39, 0.29) is 12.0 Å². The van der Waals surface area contributed by atoms with Crippen molar-refractivity contribution in [2.75, 3.05) is 6.61 Å². The summed E-state index contributed by atoms with van der Waals surface area (Å²) in [6.45, 7) is 12.8. The average Bonchev–Trinajstić information content (AvgIpc) is 2.12. The van der Waals surface area contributed by atoms with E-state index in [1.165, 1.54) is 0 Å². The molecule has 0 aliphatic carbocycles. The highest BCUT2D eigenvalue weighted by Gasteiger charge is 2.24. The molecular weight excluding hydrogens is 186 g/mol. The van der Waals surface area contributed by atoms with Gasteiger partial charge in [0.05, 0.1) is 0 Å². The van der Waals surface area contributed by atoms with Crippen LogP contribution in [0, 0.1) is 5.41 Å². The number of allylic oxidation sites excluding steroid dienone is 1. The Balaban J connectivity index is 4.09. The van der Waals surface area contributed by atoms with Gasteiger partial charge in [0.2, 0.25) is 0 Å². The van der Waals surface area contributed by atoms with Crippen molar-refractivity contribution >= 4 is 0 Å². The smallest absolute Gasteiger partial charge is 0.0446 e. The molecule has 0 spiro atoms.